The number of hydrogen-bond acceptors (Lipinski definition) is 4. The number of ether oxygens (including phenoxy) is 1. The van der Waals surface area contributed by atoms with Crippen LogP contribution in [-0.2, 0) is 9.59 Å². The van der Waals surface area contributed by atoms with Crippen LogP contribution >= 0.6 is 0 Å². The standard InChI is InChI=1S/C23H21N3O3/c1-2-20(23(28)26-15-21(27)25-19-9-6-14-24-22(19)26)29-18-12-10-17(11-13-18)16-7-4-3-5-8-16/h3-14,20H,2,15H2,1H3,(H,25,27). The second-order valence-corrected chi connectivity index (χ2v) is 6.75. The molecule has 29 heavy (non-hydrogen) atoms. The predicted octanol–water partition coefficient (Wildman–Crippen LogP) is 3.89. The highest BCUT2D eigenvalue weighted by molar-refractivity contribution is 6.10. The van der Waals surface area contributed by atoms with E-state index in [-0.39, 0.29) is 18.4 Å². The van der Waals surface area contributed by atoms with Gasteiger partial charge in [0.1, 0.15) is 12.3 Å². The fraction of sp³-hybridized carbons (Fsp3) is 0.174. The lowest BCUT2D eigenvalue weighted by Gasteiger charge is -2.30. The van der Waals surface area contributed by atoms with Crippen molar-refractivity contribution < 1.29 is 14.3 Å². The molecule has 3 aromatic rings. The molecular weight excluding hydrogens is 366 g/mol. The predicted molar refractivity (Wildman–Crippen MR) is 112 cm³/mol. The minimum Gasteiger partial charge on any atom is -0.481 e. The van der Waals surface area contributed by atoms with E-state index in [1.807, 2.05) is 61.5 Å². The van der Waals surface area contributed by atoms with Crippen molar-refractivity contribution in [3.8, 4) is 16.9 Å². The lowest BCUT2D eigenvalue weighted by atomic mass is 10.1. The maximum absolute atomic E-state index is 13.1. The Morgan fingerprint density at radius 1 is 1.07 bits per heavy atom. The van der Waals surface area contributed by atoms with Gasteiger partial charge in [-0.2, -0.15) is 0 Å². The van der Waals surface area contributed by atoms with Crippen LogP contribution < -0.4 is 15.0 Å². The van der Waals surface area contributed by atoms with E-state index < -0.39 is 6.10 Å². The zero-order valence-corrected chi connectivity index (χ0v) is 16.0. The van der Waals surface area contributed by atoms with E-state index in [0.717, 1.165) is 11.1 Å². The van der Waals surface area contributed by atoms with Gasteiger partial charge in [-0.1, -0.05) is 49.4 Å². The molecule has 0 aliphatic carbocycles. The second-order valence-electron chi connectivity index (χ2n) is 6.75. The molecule has 1 unspecified atom stereocenters. The molecule has 6 nitrogen and oxygen atoms in total. The highest BCUT2D eigenvalue weighted by Gasteiger charge is 2.32. The number of nitrogens with zero attached hydrogens (tertiary/aromatic N) is 2. The number of benzene rings is 2. The van der Waals surface area contributed by atoms with Crippen molar-refractivity contribution in [2.75, 3.05) is 16.8 Å². The average molecular weight is 387 g/mol. The number of fused-ring (bicyclic) bond motifs is 1. The van der Waals surface area contributed by atoms with Crippen molar-refractivity contribution >= 4 is 23.3 Å². The number of amides is 2. The summed E-state index contributed by atoms with van der Waals surface area (Å²) in [4.78, 5) is 30.8. The average Bonchev–Trinajstić information content (AvgIpc) is 2.77. The third-order valence-electron chi connectivity index (χ3n) is 4.77. The molecule has 1 aliphatic heterocycles. The van der Waals surface area contributed by atoms with Crippen LogP contribution in [0.3, 0.4) is 0 Å². The van der Waals surface area contributed by atoms with E-state index >= 15 is 0 Å². The van der Waals surface area contributed by atoms with E-state index in [1.165, 1.54) is 4.90 Å². The van der Waals surface area contributed by atoms with E-state index in [9.17, 15) is 9.59 Å². The number of aromatic nitrogens is 1. The first-order valence-corrected chi connectivity index (χ1v) is 9.54. The molecule has 1 aliphatic rings. The summed E-state index contributed by atoms with van der Waals surface area (Å²) in [6.07, 6.45) is 1.36. The number of hydrogen-bond donors (Lipinski definition) is 1. The highest BCUT2D eigenvalue weighted by atomic mass is 16.5. The summed E-state index contributed by atoms with van der Waals surface area (Å²) in [5.74, 6) is 0.515. The summed E-state index contributed by atoms with van der Waals surface area (Å²) in [5, 5.41) is 2.74. The number of rotatable bonds is 5. The smallest absolute Gasteiger partial charge is 0.269 e. The zero-order valence-electron chi connectivity index (χ0n) is 16.0. The summed E-state index contributed by atoms with van der Waals surface area (Å²) < 4.78 is 5.97. The van der Waals surface area contributed by atoms with Gasteiger partial charge in [0, 0.05) is 6.20 Å². The van der Waals surface area contributed by atoms with Crippen molar-refractivity contribution in [1.29, 1.82) is 0 Å². The molecule has 6 heteroatoms. The first kappa shape index (κ1) is 18.7. The maximum atomic E-state index is 13.1. The Bertz CT molecular complexity index is 1020. The quantitative estimate of drug-likeness (QED) is 0.721. The topological polar surface area (TPSA) is 71.5 Å². The molecule has 0 saturated carbocycles. The van der Waals surface area contributed by atoms with Crippen molar-refractivity contribution in [2.45, 2.75) is 19.4 Å². The van der Waals surface area contributed by atoms with E-state index in [4.69, 9.17) is 4.74 Å². The Hall–Kier alpha value is -3.67. The fourth-order valence-electron chi connectivity index (χ4n) is 3.30. The highest BCUT2D eigenvalue weighted by Crippen LogP contribution is 2.28. The normalized spacial score (nSPS) is 14.0. The van der Waals surface area contributed by atoms with Crippen molar-refractivity contribution in [2.24, 2.45) is 0 Å². The van der Waals surface area contributed by atoms with Crippen LogP contribution in [0, 0.1) is 0 Å². The summed E-state index contributed by atoms with van der Waals surface area (Å²) in [5.41, 5.74) is 2.71. The Labute approximate surface area is 169 Å². The summed E-state index contributed by atoms with van der Waals surface area (Å²) >= 11 is 0. The molecule has 0 radical (unpaired) electrons. The molecule has 2 heterocycles. The number of pyridine rings is 1. The molecule has 2 amide bonds. The lowest BCUT2D eigenvalue weighted by Crippen LogP contribution is -2.48. The maximum Gasteiger partial charge on any atom is 0.269 e. The van der Waals surface area contributed by atoms with Gasteiger partial charge in [0.25, 0.3) is 5.91 Å². The zero-order chi connectivity index (χ0) is 20.2. The summed E-state index contributed by atoms with van der Waals surface area (Å²) in [6, 6.07) is 21.1. The van der Waals surface area contributed by atoms with Crippen molar-refractivity contribution in [3.63, 3.8) is 0 Å². The van der Waals surface area contributed by atoms with E-state index in [2.05, 4.69) is 10.3 Å². The van der Waals surface area contributed by atoms with Gasteiger partial charge in [0.05, 0.1) is 5.69 Å². The van der Waals surface area contributed by atoms with Gasteiger partial charge in [-0.25, -0.2) is 4.98 Å². The molecule has 2 aromatic carbocycles. The third-order valence-corrected chi connectivity index (χ3v) is 4.77. The Balaban J connectivity index is 1.52. The van der Waals surface area contributed by atoms with Crippen LogP contribution in [0.4, 0.5) is 11.5 Å². The molecule has 1 N–H and O–H groups in total. The summed E-state index contributed by atoms with van der Waals surface area (Å²) in [6.45, 7) is 1.81. The molecule has 0 saturated heterocycles. The van der Waals surface area contributed by atoms with Crippen LogP contribution in [0.5, 0.6) is 5.75 Å². The first-order valence-electron chi connectivity index (χ1n) is 9.54. The van der Waals surface area contributed by atoms with Crippen LogP contribution in [0.25, 0.3) is 11.1 Å². The van der Waals surface area contributed by atoms with Gasteiger partial charge in [-0.15, -0.1) is 0 Å². The third kappa shape index (κ3) is 3.96. The van der Waals surface area contributed by atoms with Crippen molar-refractivity contribution in [3.05, 3.63) is 72.9 Å². The molecule has 1 aromatic heterocycles. The second kappa shape index (κ2) is 8.14. The van der Waals surface area contributed by atoms with Gasteiger partial charge in [0.15, 0.2) is 11.9 Å². The van der Waals surface area contributed by atoms with Gasteiger partial charge < -0.3 is 10.1 Å². The SMILES string of the molecule is CCC(Oc1ccc(-c2ccccc2)cc1)C(=O)N1CC(=O)Nc2cccnc21. The van der Waals surface area contributed by atoms with Gasteiger partial charge >= 0.3 is 0 Å². The van der Waals surface area contributed by atoms with Crippen molar-refractivity contribution in [1.82, 2.24) is 4.98 Å². The molecule has 0 fully saturated rings. The summed E-state index contributed by atoms with van der Waals surface area (Å²) in [7, 11) is 0. The number of anilines is 2. The molecule has 146 valence electrons. The molecule has 0 spiro atoms. The van der Waals surface area contributed by atoms with E-state index in [1.54, 1.807) is 18.3 Å². The minimum atomic E-state index is -0.710. The largest absolute Gasteiger partial charge is 0.481 e. The van der Waals surface area contributed by atoms with E-state index in [0.29, 0.717) is 23.7 Å². The van der Waals surface area contributed by atoms with Crippen LogP contribution in [-0.4, -0.2) is 29.4 Å². The Morgan fingerprint density at radius 2 is 1.79 bits per heavy atom. The van der Waals surface area contributed by atoms with Crippen LogP contribution in [0.1, 0.15) is 13.3 Å². The Kier molecular flexibility index (Phi) is 5.24. The number of nitrogens with one attached hydrogen (secondary N) is 1. The number of carbonyl (C=O) groups is 2. The van der Waals surface area contributed by atoms with Crippen LogP contribution in [0.15, 0.2) is 72.9 Å². The molecule has 4 rings (SSSR count). The monoisotopic (exact) mass is 387 g/mol. The molecular formula is C23H21N3O3. The fourth-order valence-corrected chi connectivity index (χ4v) is 3.30. The molecule has 0 bridgehead atoms. The van der Waals surface area contributed by atoms with Gasteiger partial charge in [0.2, 0.25) is 5.91 Å². The van der Waals surface area contributed by atoms with Crippen LogP contribution in [0.2, 0.25) is 0 Å². The minimum absolute atomic E-state index is 0.0738. The lowest BCUT2D eigenvalue weighted by molar-refractivity contribution is -0.127. The number of carbonyl (C=O) groups excluding carboxylic acids is 2. The first-order chi connectivity index (χ1) is 14.2. The van der Waals surface area contributed by atoms with Gasteiger partial charge in [-0.3, -0.25) is 14.5 Å². The Morgan fingerprint density at radius 3 is 2.52 bits per heavy atom. The molecule has 1 atom stereocenters. The van der Waals surface area contributed by atoms with Gasteiger partial charge in [-0.05, 0) is 41.8 Å².